The minimum absolute atomic E-state index is 0.359. The molecule has 1 fully saturated rings. The summed E-state index contributed by atoms with van der Waals surface area (Å²) in [6.07, 6.45) is 1.44. The van der Waals surface area contributed by atoms with Gasteiger partial charge in [0.25, 0.3) is 0 Å². The van der Waals surface area contributed by atoms with Crippen molar-refractivity contribution in [1.82, 2.24) is 20.2 Å². The van der Waals surface area contributed by atoms with Crippen LogP contribution in [0.25, 0.3) is 0 Å². The topological polar surface area (TPSA) is 63.8 Å². The van der Waals surface area contributed by atoms with Gasteiger partial charge in [-0.3, -0.25) is 0 Å². The summed E-state index contributed by atoms with van der Waals surface area (Å²) in [5.74, 6) is -0.359. The molecule has 1 atom stereocenters. The van der Waals surface area contributed by atoms with Crippen LogP contribution in [0, 0.1) is 5.82 Å². The van der Waals surface area contributed by atoms with Crippen molar-refractivity contribution in [3.05, 3.63) is 29.6 Å². The lowest BCUT2D eigenvalue weighted by atomic mass is 10.1. The van der Waals surface area contributed by atoms with Crippen LogP contribution < -0.4 is 0 Å². The van der Waals surface area contributed by atoms with Crippen LogP contribution >= 0.6 is 11.8 Å². The van der Waals surface area contributed by atoms with Gasteiger partial charge in [-0.25, -0.2) is 9.07 Å². The molecular weight excluding hydrogens is 267 g/mol. The zero-order chi connectivity index (χ0) is 13.4. The summed E-state index contributed by atoms with van der Waals surface area (Å²) >= 11 is 1.35. The minimum Gasteiger partial charge on any atom is -0.389 e. The molecule has 2 aromatic rings. The van der Waals surface area contributed by atoms with Crippen molar-refractivity contribution >= 4 is 11.8 Å². The fraction of sp³-hybridized carbons (Fsp3) is 0.417. The van der Waals surface area contributed by atoms with E-state index in [9.17, 15) is 9.50 Å². The fourth-order valence-corrected chi connectivity index (χ4v) is 2.87. The fourth-order valence-electron chi connectivity index (χ4n) is 1.84. The summed E-state index contributed by atoms with van der Waals surface area (Å²) < 4.78 is 15.0. The SMILES string of the molecule is C[C@H](O)c1cc(F)ccc1Sc1nnnn1C1CC1. The Hall–Kier alpha value is -1.47. The van der Waals surface area contributed by atoms with Crippen molar-refractivity contribution in [2.75, 3.05) is 0 Å². The lowest BCUT2D eigenvalue weighted by Crippen LogP contribution is -2.00. The normalized spacial score (nSPS) is 16.6. The van der Waals surface area contributed by atoms with Crippen molar-refractivity contribution in [3.8, 4) is 0 Å². The second-order valence-electron chi connectivity index (χ2n) is 4.60. The predicted molar refractivity (Wildman–Crippen MR) is 67.2 cm³/mol. The van der Waals surface area contributed by atoms with E-state index >= 15 is 0 Å². The van der Waals surface area contributed by atoms with Crippen LogP contribution in [-0.4, -0.2) is 25.3 Å². The first-order valence-electron chi connectivity index (χ1n) is 6.08. The Bertz CT molecular complexity index is 597. The van der Waals surface area contributed by atoms with E-state index in [4.69, 9.17) is 0 Å². The smallest absolute Gasteiger partial charge is 0.214 e. The van der Waals surface area contributed by atoms with E-state index in [0.717, 1.165) is 17.7 Å². The molecule has 0 spiro atoms. The van der Waals surface area contributed by atoms with E-state index < -0.39 is 6.10 Å². The molecule has 0 bridgehead atoms. The number of halogens is 1. The number of aliphatic hydroxyl groups excluding tert-OH is 1. The van der Waals surface area contributed by atoms with Gasteiger partial charge in [0, 0.05) is 4.90 Å². The lowest BCUT2D eigenvalue weighted by molar-refractivity contribution is 0.196. The van der Waals surface area contributed by atoms with Crippen LogP contribution in [0.1, 0.15) is 37.5 Å². The second kappa shape index (κ2) is 4.90. The highest BCUT2D eigenvalue weighted by Crippen LogP contribution is 2.39. The molecule has 0 amide bonds. The third-order valence-corrected chi connectivity index (χ3v) is 4.02. The first kappa shape index (κ1) is 12.6. The minimum atomic E-state index is -0.733. The predicted octanol–water partition coefficient (Wildman–Crippen LogP) is 2.35. The summed E-state index contributed by atoms with van der Waals surface area (Å²) in [7, 11) is 0. The van der Waals surface area contributed by atoms with E-state index in [1.165, 1.54) is 23.9 Å². The van der Waals surface area contributed by atoms with Gasteiger partial charge in [-0.15, -0.1) is 5.10 Å². The number of hydrogen-bond donors (Lipinski definition) is 1. The monoisotopic (exact) mass is 280 g/mol. The average Bonchev–Trinajstić information content (AvgIpc) is 3.12. The van der Waals surface area contributed by atoms with E-state index in [1.54, 1.807) is 17.7 Å². The van der Waals surface area contributed by atoms with E-state index in [-0.39, 0.29) is 5.82 Å². The Morgan fingerprint density at radius 1 is 1.47 bits per heavy atom. The average molecular weight is 280 g/mol. The Morgan fingerprint density at radius 2 is 2.26 bits per heavy atom. The molecule has 1 aliphatic carbocycles. The van der Waals surface area contributed by atoms with Crippen LogP contribution in [0.2, 0.25) is 0 Å². The summed E-state index contributed by atoms with van der Waals surface area (Å²) in [5, 5.41) is 22.0. The molecule has 0 aliphatic heterocycles. The number of rotatable bonds is 4. The van der Waals surface area contributed by atoms with Crippen LogP contribution in [-0.2, 0) is 0 Å². The first-order chi connectivity index (χ1) is 9.15. The molecule has 5 nitrogen and oxygen atoms in total. The molecule has 100 valence electrons. The maximum atomic E-state index is 13.2. The Morgan fingerprint density at radius 3 is 2.95 bits per heavy atom. The van der Waals surface area contributed by atoms with Gasteiger partial charge in [-0.1, -0.05) is 0 Å². The van der Waals surface area contributed by atoms with Crippen molar-refractivity contribution in [2.45, 2.75) is 42.0 Å². The first-order valence-corrected chi connectivity index (χ1v) is 6.90. The van der Waals surface area contributed by atoms with Gasteiger partial charge in [0.05, 0.1) is 12.1 Å². The maximum absolute atomic E-state index is 13.2. The number of aliphatic hydroxyl groups is 1. The number of benzene rings is 1. The highest BCUT2D eigenvalue weighted by molar-refractivity contribution is 7.99. The van der Waals surface area contributed by atoms with Crippen molar-refractivity contribution in [2.24, 2.45) is 0 Å². The summed E-state index contributed by atoms with van der Waals surface area (Å²) in [6, 6.07) is 4.75. The molecule has 0 radical (unpaired) electrons. The Balaban J connectivity index is 1.92. The number of tetrazole rings is 1. The Labute approximate surface area is 113 Å². The van der Waals surface area contributed by atoms with Gasteiger partial charge in [0.15, 0.2) is 0 Å². The van der Waals surface area contributed by atoms with Gasteiger partial charge < -0.3 is 5.11 Å². The summed E-state index contributed by atoms with van der Waals surface area (Å²) in [4.78, 5) is 0.771. The molecule has 1 aromatic carbocycles. The van der Waals surface area contributed by atoms with E-state index in [1.807, 2.05) is 0 Å². The second-order valence-corrected chi connectivity index (χ2v) is 5.61. The van der Waals surface area contributed by atoms with Crippen LogP contribution in [0.15, 0.2) is 28.3 Å². The number of hydrogen-bond acceptors (Lipinski definition) is 5. The quantitative estimate of drug-likeness (QED) is 0.931. The standard InChI is InChI=1S/C12H13FN4OS/c1-7(18)10-6-8(13)2-5-11(10)19-12-14-15-16-17(12)9-3-4-9/h2,5-7,9,18H,3-4H2,1H3/t7-/m0/s1. The zero-order valence-corrected chi connectivity index (χ0v) is 11.1. The van der Waals surface area contributed by atoms with Gasteiger partial charge in [0.2, 0.25) is 5.16 Å². The van der Waals surface area contributed by atoms with Crippen LogP contribution in [0.3, 0.4) is 0 Å². The largest absolute Gasteiger partial charge is 0.389 e. The molecule has 1 aromatic heterocycles. The molecule has 1 heterocycles. The summed E-state index contributed by atoms with van der Waals surface area (Å²) in [6.45, 7) is 1.61. The Kier molecular flexibility index (Phi) is 3.24. The zero-order valence-electron chi connectivity index (χ0n) is 10.3. The maximum Gasteiger partial charge on any atom is 0.214 e. The number of nitrogens with zero attached hydrogens (tertiary/aromatic N) is 4. The van der Waals surface area contributed by atoms with Crippen molar-refractivity contribution < 1.29 is 9.50 Å². The summed E-state index contributed by atoms with van der Waals surface area (Å²) in [5.41, 5.74) is 0.551. The van der Waals surface area contributed by atoms with Crippen molar-refractivity contribution in [1.29, 1.82) is 0 Å². The van der Waals surface area contributed by atoms with Gasteiger partial charge >= 0.3 is 0 Å². The highest BCUT2D eigenvalue weighted by atomic mass is 32.2. The molecule has 1 N–H and O–H groups in total. The van der Waals surface area contributed by atoms with Gasteiger partial charge in [-0.05, 0) is 65.7 Å². The van der Waals surface area contributed by atoms with E-state index in [0.29, 0.717) is 16.8 Å². The molecule has 7 heteroatoms. The molecule has 1 aliphatic rings. The lowest BCUT2D eigenvalue weighted by Gasteiger charge is -2.11. The molecule has 0 unspecified atom stereocenters. The highest BCUT2D eigenvalue weighted by Gasteiger charge is 2.28. The molecule has 19 heavy (non-hydrogen) atoms. The molecule has 1 saturated carbocycles. The molecular formula is C12H13FN4OS. The van der Waals surface area contributed by atoms with Crippen LogP contribution in [0.4, 0.5) is 4.39 Å². The van der Waals surface area contributed by atoms with E-state index in [2.05, 4.69) is 15.5 Å². The molecule has 3 rings (SSSR count). The van der Waals surface area contributed by atoms with Gasteiger partial charge in [-0.2, -0.15) is 0 Å². The van der Waals surface area contributed by atoms with Crippen molar-refractivity contribution in [3.63, 3.8) is 0 Å². The van der Waals surface area contributed by atoms with Crippen LogP contribution in [0.5, 0.6) is 0 Å². The molecule has 0 saturated heterocycles. The van der Waals surface area contributed by atoms with Gasteiger partial charge in [0.1, 0.15) is 5.82 Å². The number of aromatic nitrogens is 4. The third-order valence-electron chi connectivity index (χ3n) is 2.98. The third kappa shape index (κ3) is 2.62.